The molecular formula is C23H32N4O6S. The molecule has 11 heteroatoms. The third kappa shape index (κ3) is 5.08. The number of imide groups is 1. The Kier molecular flexibility index (Phi) is 7.07. The van der Waals surface area contributed by atoms with Crippen LogP contribution in [0, 0.1) is 25.2 Å². The van der Waals surface area contributed by atoms with Gasteiger partial charge in [0.1, 0.15) is 10.5 Å². The first-order valence-corrected chi connectivity index (χ1v) is 12.1. The van der Waals surface area contributed by atoms with Gasteiger partial charge >= 0.3 is 12.0 Å². The Morgan fingerprint density at radius 2 is 1.79 bits per heavy atom. The number of nitrogens with zero attached hydrogens (tertiary/aromatic N) is 1. The number of hydrazine groups is 1. The van der Waals surface area contributed by atoms with Gasteiger partial charge < -0.3 is 15.4 Å². The highest BCUT2D eigenvalue weighted by Crippen LogP contribution is 2.36. The van der Waals surface area contributed by atoms with Gasteiger partial charge in [0.25, 0.3) is 11.8 Å². The first-order chi connectivity index (χ1) is 15.7. The first kappa shape index (κ1) is 25.7. The second-order valence-electron chi connectivity index (χ2n) is 10.1. The highest BCUT2D eigenvalue weighted by atomic mass is 32.1. The Morgan fingerprint density at radius 1 is 1.18 bits per heavy atom. The lowest BCUT2D eigenvalue weighted by molar-refractivity contribution is -0.141. The van der Waals surface area contributed by atoms with E-state index >= 15 is 0 Å². The van der Waals surface area contributed by atoms with E-state index in [0.29, 0.717) is 34.3 Å². The second-order valence-corrected chi connectivity index (χ2v) is 11.4. The average molecular weight is 493 g/mol. The van der Waals surface area contributed by atoms with Gasteiger partial charge in [0, 0.05) is 10.3 Å². The summed E-state index contributed by atoms with van der Waals surface area (Å²) in [7, 11) is 0. The summed E-state index contributed by atoms with van der Waals surface area (Å²) >= 11 is 1.25. The molecule has 1 spiro atoms. The number of urea groups is 1. The topological polar surface area (TPSA) is 134 Å². The minimum absolute atomic E-state index is 0.179. The Balaban J connectivity index is 1.63. The summed E-state index contributed by atoms with van der Waals surface area (Å²) in [5.74, 6) is -1.88. The van der Waals surface area contributed by atoms with E-state index < -0.39 is 41.4 Å². The molecule has 1 saturated carbocycles. The van der Waals surface area contributed by atoms with Crippen LogP contribution in [0.2, 0.25) is 0 Å². The average Bonchev–Trinajstić information content (AvgIpc) is 3.15. The van der Waals surface area contributed by atoms with Gasteiger partial charge in [-0.2, -0.15) is 5.01 Å². The van der Waals surface area contributed by atoms with E-state index in [1.165, 1.54) is 11.3 Å². The van der Waals surface area contributed by atoms with Gasteiger partial charge in [0.15, 0.2) is 6.61 Å². The van der Waals surface area contributed by atoms with Crippen LogP contribution in [0.15, 0.2) is 0 Å². The van der Waals surface area contributed by atoms with Crippen LogP contribution in [0.25, 0.3) is 0 Å². The molecule has 5 amide bonds. The molecule has 2 fully saturated rings. The number of amides is 5. The highest BCUT2D eigenvalue weighted by Gasteiger charge is 2.52. The third-order valence-electron chi connectivity index (χ3n) is 6.36. The quantitative estimate of drug-likeness (QED) is 0.427. The zero-order chi connectivity index (χ0) is 25.4. The monoisotopic (exact) mass is 492 g/mol. The summed E-state index contributed by atoms with van der Waals surface area (Å²) in [5, 5.41) is 6.49. The molecule has 1 aromatic heterocycles. The fraction of sp³-hybridized carbons (Fsp3) is 0.609. The number of thiophene rings is 1. The first-order valence-electron chi connectivity index (χ1n) is 11.3. The number of rotatable bonds is 5. The number of hydrogen-bond acceptors (Lipinski definition) is 7. The van der Waals surface area contributed by atoms with Crippen molar-refractivity contribution in [3.8, 4) is 0 Å². The van der Waals surface area contributed by atoms with E-state index in [9.17, 15) is 24.0 Å². The van der Waals surface area contributed by atoms with E-state index in [4.69, 9.17) is 4.74 Å². The molecule has 0 aromatic carbocycles. The van der Waals surface area contributed by atoms with Crippen LogP contribution in [0.4, 0.5) is 9.80 Å². The molecule has 2 heterocycles. The van der Waals surface area contributed by atoms with Crippen molar-refractivity contribution < 1.29 is 28.7 Å². The lowest BCUT2D eigenvalue weighted by Gasteiger charge is -2.33. The SMILES string of the molecule is Cc1sc(NC(=O)C(C)(C)C)c(C(=O)OCC(=O)NN2C(=O)NC3(CCC(C)CC3)C2=O)c1C. The summed E-state index contributed by atoms with van der Waals surface area (Å²) in [5.41, 5.74) is 1.41. The molecule has 3 rings (SSSR count). The van der Waals surface area contributed by atoms with Gasteiger partial charge in [-0.05, 0) is 51.0 Å². The van der Waals surface area contributed by atoms with Crippen molar-refractivity contribution in [2.75, 3.05) is 11.9 Å². The molecular weight excluding hydrogens is 460 g/mol. The van der Waals surface area contributed by atoms with E-state index in [1.54, 1.807) is 27.7 Å². The van der Waals surface area contributed by atoms with Gasteiger partial charge in [-0.15, -0.1) is 11.3 Å². The molecule has 0 unspecified atom stereocenters. The molecule has 1 aliphatic heterocycles. The minimum atomic E-state index is -0.987. The predicted molar refractivity (Wildman–Crippen MR) is 126 cm³/mol. The van der Waals surface area contributed by atoms with Crippen LogP contribution in [0.1, 0.15) is 74.2 Å². The summed E-state index contributed by atoms with van der Waals surface area (Å²) in [6.45, 7) is 10.2. The molecule has 0 radical (unpaired) electrons. The number of carbonyl (C=O) groups excluding carboxylic acids is 5. The maximum atomic E-state index is 12.9. The zero-order valence-corrected chi connectivity index (χ0v) is 21.2. The number of ether oxygens (including phenoxy) is 1. The minimum Gasteiger partial charge on any atom is -0.452 e. The number of anilines is 1. The summed E-state index contributed by atoms with van der Waals surface area (Å²) in [4.78, 5) is 63.6. The molecule has 0 bridgehead atoms. The second kappa shape index (κ2) is 9.36. The number of hydrogen-bond donors (Lipinski definition) is 3. The van der Waals surface area contributed by atoms with Crippen LogP contribution in [-0.4, -0.2) is 46.9 Å². The fourth-order valence-corrected chi connectivity index (χ4v) is 4.97. The van der Waals surface area contributed by atoms with Crippen molar-refractivity contribution >= 4 is 46.1 Å². The van der Waals surface area contributed by atoms with Gasteiger partial charge in [-0.3, -0.25) is 19.8 Å². The normalized spacial score (nSPS) is 22.5. The van der Waals surface area contributed by atoms with Crippen molar-refractivity contribution in [2.45, 2.75) is 72.8 Å². The lowest BCUT2D eigenvalue weighted by Crippen LogP contribution is -2.52. The molecule has 2 aliphatic rings. The van der Waals surface area contributed by atoms with Crippen LogP contribution >= 0.6 is 11.3 Å². The van der Waals surface area contributed by atoms with Gasteiger partial charge in [-0.25, -0.2) is 9.59 Å². The Labute approximate surface area is 202 Å². The molecule has 3 N–H and O–H groups in total. The van der Waals surface area contributed by atoms with Gasteiger partial charge in [-0.1, -0.05) is 27.7 Å². The molecule has 0 atom stereocenters. The largest absolute Gasteiger partial charge is 0.452 e. The fourth-order valence-electron chi connectivity index (χ4n) is 3.93. The molecule has 1 aromatic rings. The van der Waals surface area contributed by atoms with Crippen molar-refractivity contribution in [2.24, 2.45) is 11.3 Å². The lowest BCUT2D eigenvalue weighted by atomic mass is 9.77. The summed E-state index contributed by atoms with van der Waals surface area (Å²) < 4.78 is 5.16. The maximum absolute atomic E-state index is 12.9. The van der Waals surface area contributed by atoms with E-state index in [0.717, 1.165) is 17.7 Å². The van der Waals surface area contributed by atoms with E-state index in [1.807, 2.05) is 6.92 Å². The van der Waals surface area contributed by atoms with Gasteiger partial charge in [0.2, 0.25) is 5.91 Å². The number of esters is 1. The van der Waals surface area contributed by atoms with E-state index in [2.05, 4.69) is 23.0 Å². The van der Waals surface area contributed by atoms with Crippen molar-refractivity contribution in [3.63, 3.8) is 0 Å². The van der Waals surface area contributed by atoms with Crippen LogP contribution in [0.5, 0.6) is 0 Å². The molecule has 1 aliphatic carbocycles. The van der Waals surface area contributed by atoms with Gasteiger partial charge in [0.05, 0.1) is 5.56 Å². The number of aryl methyl sites for hydroxylation is 1. The van der Waals surface area contributed by atoms with Crippen LogP contribution < -0.4 is 16.1 Å². The Hall–Kier alpha value is -2.95. The van der Waals surface area contributed by atoms with Crippen molar-refractivity contribution in [3.05, 3.63) is 16.0 Å². The number of nitrogens with one attached hydrogen (secondary N) is 3. The number of carbonyl (C=O) groups is 5. The van der Waals surface area contributed by atoms with Crippen molar-refractivity contribution in [1.29, 1.82) is 0 Å². The zero-order valence-electron chi connectivity index (χ0n) is 20.4. The van der Waals surface area contributed by atoms with Crippen molar-refractivity contribution in [1.82, 2.24) is 15.8 Å². The third-order valence-corrected chi connectivity index (χ3v) is 7.48. The molecule has 10 nitrogen and oxygen atoms in total. The highest BCUT2D eigenvalue weighted by molar-refractivity contribution is 7.16. The van der Waals surface area contributed by atoms with E-state index in [-0.39, 0.29) is 11.5 Å². The smallest absolute Gasteiger partial charge is 0.344 e. The Bertz CT molecular complexity index is 1030. The Morgan fingerprint density at radius 3 is 2.38 bits per heavy atom. The summed E-state index contributed by atoms with van der Waals surface area (Å²) in [6, 6.07) is -0.698. The standard InChI is InChI=1S/C23H32N4O6S/c1-12-7-9-23(10-8-12)20(31)27(21(32)25-23)26-15(28)11-33-18(29)16-13(2)14(3)34-17(16)24-19(30)22(4,5)6/h12H,7-11H2,1-6H3,(H,24,30)(H,25,32)(H,26,28). The summed E-state index contributed by atoms with van der Waals surface area (Å²) in [6.07, 6.45) is 2.64. The van der Waals surface area contributed by atoms with Crippen LogP contribution in [-0.2, 0) is 19.1 Å². The predicted octanol–water partition coefficient (Wildman–Crippen LogP) is 3.04. The maximum Gasteiger partial charge on any atom is 0.344 e. The molecule has 186 valence electrons. The molecule has 1 saturated heterocycles. The molecule has 34 heavy (non-hydrogen) atoms. The van der Waals surface area contributed by atoms with Crippen LogP contribution in [0.3, 0.4) is 0 Å².